The Hall–Kier alpha value is -2.42. The summed E-state index contributed by atoms with van der Waals surface area (Å²) in [7, 11) is 0. The molecule has 0 spiro atoms. The van der Waals surface area contributed by atoms with Crippen molar-refractivity contribution in [2.24, 2.45) is 0 Å². The number of H-pyrrole nitrogens is 1. The van der Waals surface area contributed by atoms with Gasteiger partial charge in [-0.2, -0.15) is 15.4 Å². The first-order valence-electron chi connectivity index (χ1n) is 5.28. The molecule has 0 saturated carbocycles. The van der Waals surface area contributed by atoms with Crippen LogP contribution in [0.3, 0.4) is 0 Å². The van der Waals surface area contributed by atoms with Crippen molar-refractivity contribution in [3.8, 4) is 0 Å². The molecule has 0 aliphatic rings. The van der Waals surface area contributed by atoms with Gasteiger partial charge >= 0.3 is 0 Å². The van der Waals surface area contributed by atoms with E-state index in [2.05, 4.69) is 28.6 Å². The highest BCUT2D eigenvalue weighted by Gasteiger charge is 2.05. The molecule has 0 radical (unpaired) electrons. The van der Waals surface area contributed by atoms with E-state index in [0.29, 0.717) is 0 Å². The first kappa shape index (κ1) is 11.1. The second kappa shape index (κ2) is 5.07. The molecule has 3 nitrogen and oxygen atoms in total. The Labute approximate surface area is 99.9 Å². The summed E-state index contributed by atoms with van der Waals surface area (Å²) in [5.41, 5.74) is 3.75. The van der Waals surface area contributed by atoms with Crippen LogP contribution in [0.25, 0.3) is 23.2 Å². The predicted octanol–water partition coefficient (Wildman–Crippen LogP) is 3.36. The first-order valence-corrected chi connectivity index (χ1v) is 5.28. The Kier molecular flexibility index (Phi) is 3.31. The minimum absolute atomic E-state index is 0.856. The molecular weight excluding hydrogens is 210 g/mol. The van der Waals surface area contributed by atoms with Gasteiger partial charge in [0.05, 0.1) is 0 Å². The van der Waals surface area contributed by atoms with Gasteiger partial charge in [-0.3, -0.25) is 0 Å². The number of aromatic amines is 1. The number of aromatic nitrogens is 3. The number of hydrogen-bond donors (Lipinski definition) is 1. The molecular formula is C14H13N3. The number of nitrogens with one attached hydrogen (secondary N) is 1. The van der Waals surface area contributed by atoms with Crippen molar-refractivity contribution >= 4 is 23.2 Å². The molecule has 1 N–H and O–H groups in total. The van der Waals surface area contributed by atoms with Crippen molar-refractivity contribution in [2.75, 3.05) is 0 Å². The van der Waals surface area contributed by atoms with E-state index in [-0.39, 0.29) is 0 Å². The molecule has 0 amide bonds. The lowest BCUT2D eigenvalue weighted by molar-refractivity contribution is 0.959. The molecule has 0 bridgehead atoms. The van der Waals surface area contributed by atoms with Gasteiger partial charge in [-0.05, 0) is 0 Å². The standard InChI is InChI=1S/C14H13N3/c1-3-5-7-11-9-10-12(8-6-4-2)14-13(11)15-17-16-14/h3-10H,1-2H2,(H,15,16,17). The monoisotopic (exact) mass is 223 g/mol. The maximum atomic E-state index is 4.16. The SMILES string of the molecule is C=CC=Cc1ccc(C=CC=C)c2n[nH]nc12. The molecule has 0 fully saturated rings. The van der Waals surface area contributed by atoms with Gasteiger partial charge in [-0.25, -0.2) is 0 Å². The number of allylic oxidation sites excluding steroid dienone is 4. The maximum Gasteiger partial charge on any atom is 0.120 e. The lowest BCUT2D eigenvalue weighted by Crippen LogP contribution is -1.81. The van der Waals surface area contributed by atoms with Crippen LogP contribution in [0.4, 0.5) is 0 Å². The molecule has 1 aromatic heterocycles. The van der Waals surface area contributed by atoms with E-state index in [1.165, 1.54) is 0 Å². The smallest absolute Gasteiger partial charge is 0.120 e. The predicted molar refractivity (Wildman–Crippen MR) is 72.4 cm³/mol. The van der Waals surface area contributed by atoms with Gasteiger partial charge in [0.25, 0.3) is 0 Å². The van der Waals surface area contributed by atoms with E-state index >= 15 is 0 Å². The third-order valence-electron chi connectivity index (χ3n) is 2.36. The topological polar surface area (TPSA) is 41.6 Å². The van der Waals surface area contributed by atoms with Crippen LogP contribution >= 0.6 is 0 Å². The fraction of sp³-hybridized carbons (Fsp3) is 0. The normalized spacial score (nSPS) is 11.5. The molecule has 17 heavy (non-hydrogen) atoms. The summed E-state index contributed by atoms with van der Waals surface area (Å²) in [5.74, 6) is 0. The number of nitrogens with zero attached hydrogens (tertiary/aromatic N) is 2. The fourth-order valence-corrected chi connectivity index (χ4v) is 1.58. The van der Waals surface area contributed by atoms with Crippen molar-refractivity contribution in [1.82, 2.24) is 15.4 Å². The van der Waals surface area contributed by atoms with Crippen LogP contribution < -0.4 is 0 Å². The average Bonchev–Trinajstić information content (AvgIpc) is 2.83. The largest absolute Gasteiger partial charge is 0.197 e. The summed E-state index contributed by atoms with van der Waals surface area (Å²) in [4.78, 5) is 0. The Morgan fingerprint density at radius 1 is 0.882 bits per heavy atom. The third kappa shape index (κ3) is 2.23. The van der Waals surface area contributed by atoms with Gasteiger partial charge in [0.15, 0.2) is 0 Å². The lowest BCUT2D eigenvalue weighted by Gasteiger charge is -1.97. The highest BCUT2D eigenvalue weighted by Crippen LogP contribution is 2.21. The minimum Gasteiger partial charge on any atom is -0.197 e. The highest BCUT2D eigenvalue weighted by molar-refractivity contribution is 5.90. The van der Waals surface area contributed by atoms with Crippen molar-refractivity contribution in [2.45, 2.75) is 0 Å². The van der Waals surface area contributed by atoms with E-state index in [0.717, 1.165) is 22.2 Å². The second-order valence-electron chi connectivity index (χ2n) is 3.45. The molecule has 3 heteroatoms. The maximum absolute atomic E-state index is 4.16. The van der Waals surface area contributed by atoms with Gasteiger partial charge in [-0.15, -0.1) is 0 Å². The molecule has 1 heterocycles. The van der Waals surface area contributed by atoms with Gasteiger partial charge in [0.1, 0.15) is 11.0 Å². The summed E-state index contributed by atoms with van der Waals surface area (Å²) in [5, 5.41) is 11.0. The molecule has 0 unspecified atom stereocenters. The average molecular weight is 223 g/mol. The number of rotatable bonds is 4. The molecule has 84 valence electrons. The van der Waals surface area contributed by atoms with Gasteiger partial charge in [0.2, 0.25) is 0 Å². The van der Waals surface area contributed by atoms with Gasteiger partial charge in [-0.1, -0.05) is 61.7 Å². The first-order chi connectivity index (χ1) is 8.36. The van der Waals surface area contributed by atoms with E-state index in [9.17, 15) is 0 Å². The zero-order valence-electron chi connectivity index (χ0n) is 9.43. The molecule has 0 aliphatic heterocycles. The Morgan fingerprint density at radius 2 is 1.35 bits per heavy atom. The van der Waals surface area contributed by atoms with Crippen LogP contribution in [0.1, 0.15) is 11.1 Å². The fourth-order valence-electron chi connectivity index (χ4n) is 1.58. The van der Waals surface area contributed by atoms with Crippen LogP contribution in [0, 0.1) is 0 Å². The minimum atomic E-state index is 0.856. The highest BCUT2D eigenvalue weighted by atomic mass is 15.3. The Morgan fingerprint density at radius 3 is 1.76 bits per heavy atom. The van der Waals surface area contributed by atoms with Crippen LogP contribution in [-0.2, 0) is 0 Å². The van der Waals surface area contributed by atoms with E-state index < -0.39 is 0 Å². The van der Waals surface area contributed by atoms with E-state index in [1.807, 2.05) is 36.4 Å². The molecule has 0 aliphatic carbocycles. The van der Waals surface area contributed by atoms with E-state index in [4.69, 9.17) is 0 Å². The zero-order valence-corrected chi connectivity index (χ0v) is 9.43. The quantitative estimate of drug-likeness (QED) is 0.807. The Bertz CT molecular complexity index is 551. The van der Waals surface area contributed by atoms with Crippen molar-refractivity contribution in [1.29, 1.82) is 0 Å². The van der Waals surface area contributed by atoms with Crippen molar-refractivity contribution in [3.63, 3.8) is 0 Å². The summed E-state index contributed by atoms with van der Waals surface area (Å²) in [6, 6.07) is 4.02. The summed E-state index contributed by atoms with van der Waals surface area (Å²) < 4.78 is 0. The lowest BCUT2D eigenvalue weighted by atomic mass is 10.1. The second-order valence-corrected chi connectivity index (χ2v) is 3.45. The molecule has 0 atom stereocenters. The van der Waals surface area contributed by atoms with Gasteiger partial charge in [0, 0.05) is 11.1 Å². The zero-order chi connectivity index (χ0) is 12.1. The molecule has 0 saturated heterocycles. The number of fused-ring (bicyclic) bond motifs is 1. The van der Waals surface area contributed by atoms with Crippen LogP contribution in [0.2, 0.25) is 0 Å². The number of hydrogen-bond acceptors (Lipinski definition) is 2. The van der Waals surface area contributed by atoms with Crippen molar-refractivity contribution in [3.05, 3.63) is 60.7 Å². The van der Waals surface area contributed by atoms with E-state index in [1.54, 1.807) is 12.2 Å². The Balaban J connectivity index is 2.57. The summed E-state index contributed by atoms with van der Waals surface area (Å²) in [6.07, 6.45) is 11.1. The summed E-state index contributed by atoms with van der Waals surface area (Å²) >= 11 is 0. The van der Waals surface area contributed by atoms with Crippen LogP contribution in [0.15, 0.2) is 49.6 Å². The van der Waals surface area contributed by atoms with Crippen molar-refractivity contribution < 1.29 is 0 Å². The molecule has 2 aromatic rings. The number of benzene rings is 1. The van der Waals surface area contributed by atoms with Crippen LogP contribution in [0.5, 0.6) is 0 Å². The van der Waals surface area contributed by atoms with Crippen LogP contribution in [-0.4, -0.2) is 15.4 Å². The molecule has 2 rings (SSSR count). The molecule has 1 aromatic carbocycles. The van der Waals surface area contributed by atoms with Gasteiger partial charge < -0.3 is 0 Å². The third-order valence-corrected chi connectivity index (χ3v) is 2.36. The summed E-state index contributed by atoms with van der Waals surface area (Å²) in [6.45, 7) is 7.30.